The second-order valence-corrected chi connectivity index (χ2v) is 12.8. The highest BCUT2D eigenvalue weighted by atomic mass is 32.2. The Labute approximate surface area is 207 Å². The van der Waals surface area contributed by atoms with Gasteiger partial charge in [-0.1, -0.05) is 24.6 Å². The quantitative estimate of drug-likeness (QED) is 0.576. The van der Waals surface area contributed by atoms with Crippen LogP contribution >= 0.6 is 0 Å². The molecule has 2 aromatic rings. The first-order chi connectivity index (χ1) is 16.7. The van der Waals surface area contributed by atoms with Crippen LogP contribution in [0.5, 0.6) is 5.75 Å². The Morgan fingerprint density at radius 2 is 1.89 bits per heavy atom. The average molecular weight is 499 g/mol. The number of fused-ring (bicyclic) bond motifs is 4. The number of anilines is 1. The molecule has 1 unspecified atom stereocenters. The molecule has 3 aliphatic carbocycles. The van der Waals surface area contributed by atoms with Crippen LogP contribution in [0.25, 0.3) is 0 Å². The predicted molar refractivity (Wildman–Crippen MR) is 132 cm³/mol. The van der Waals surface area contributed by atoms with Crippen molar-refractivity contribution in [2.75, 3.05) is 11.6 Å². The van der Waals surface area contributed by atoms with Gasteiger partial charge in [-0.15, -0.1) is 0 Å². The van der Waals surface area contributed by atoms with E-state index in [4.69, 9.17) is 4.84 Å². The molecule has 0 aromatic heterocycles. The van der Waals surface area contributed by atoms with Crippen molar-refractivity contribution in [3.8, 4) is 5.75 Å². The highest BCUT2D eigenvalue weighted by molar-refractivity contribution is 7.89. The Morgan fingerprint density at radius 3 is 2.60 bits per heavy atom. The largest absolute Gasteiger partial charge is 0.506 e. The number of rotatable bonds is 5. The minimum absolute atomic E-state index is 0.0687. The van der Waals surface area contributed by atoms with E-state index in [0.29, 0.717) is 23.4 Å². The molecule has 0 amide bonds. The maximum atomic E-state index is 13.8. The molecule has 4 bridgehead atoms. The average Bonchev–Trinajstić information content (AvgIpc) is 3.13. The van der Waals surface area contributed by atoms with Gasteiger partial charge in [0.15, 0.2) is 0 Å². The monoisotopic (exact) mass is 498 g/mol. The van der Waals surface area contributed by atoms with Gasteiger partial charge in [0.25, 0.3) is 10.0 Å². The van der Waals surface area contributed by atoms with E-state index in [1.54, 1.807) is 36.2 Å². The summed E-state index contributed by atoms with van der Waals surface area (Å²) >= 11 is 0. The molecule has 2 heterocycles. The summed E-state index contributed by atoms with van der Waals surface area (Å²) < 4.78 is 28.6. The molecule has 0 saturated heterocycles. The molecule has 2 fully saturated rings. The van der Waals surface area contributed by atoms with Gasteiger partial charge in [0.1, 0.15) is 5.75 Å². The zero-order valence-corrected chi connectivity index (χ0v) is 21.3. The Hall–Kier alpha value is -2.13. The second kappa shape index (κ2) is 7.93. The van der Waals surface area contributed by atoms with E-state index in [1.807, 2.05) is 19.1 Å². The van der Waals surface area contributed by atoms with Crippen LogP contribution in [-0.4, -0.2) is 35.9 Å². The molecule has 7 rings (SSSR count). The fourth-order valence-corrected chi connectivity index (χ4v) is 8.86. The topological polar surface area (TPSA) is 90.3 Å². The molecule has 188 valence electrons. The summed E-state index contributed by atoms with van der Waals surface area (Å²) in [7, 11) is -4.03. The molecule has 8 heteroatoms. The molecule has 35 heavy (non-hydrogen) atoms. The molecular formula is C27H34N2O5S. The van der Waals surface area contributed by atoms with Crippen LogP contribution in [0.1, 0.15) is 74.6 Å². The van der Waals surface area contributed by atoms with E-state index in [1.165, 1.54) is 5.56 Å². The minimum atomic E-state index is -4.03. The fraction of sp³-hybridized carbons (Fsp3) is 0.556. The maximum absolute atomic E-state index is 13.8. The van der Waals surface area contributed by atoms with Gasteiger partial charge in [-0.25, -0.2) is 8.42 Å². The Balaban J connectivity index is 1.44. The van der Waals surface area contributed by atoms with Gasteiger partial charge in [0.05, 0.1) is 29.3 Å². The van der Waals surface area contributed by atoms with Crippen molar-refractivity contribution < 1.29 is 23.5 Å². The molecular weight excluding hydrogens is 464 g/mol. The van der Waals surface area contributed by atoms with Crippen LogP contribution in [0, 0.1) is 24.2 Å². The van der Waals surface area contributed by atoms with Gasteiger partial charge >= 0.3 is 0 Å². The molecule has 7 nitrogen and oxygen atoms in total. The molecule has 5 aliphatic rings. The van der Waals surface area contributed by atoms with Crippen molar-refractivity contribution in [1.29, 1.82) is 0 Å². The number of benzene rings is 2. The lowest BCUT2D eigenvalue weighted by Crippen LogP contribution is -2.54. The van der Waals surface area contributed by atoms with Gasteiger partial charge in [0, 0.05) is 4.58 Å². The standard InChI is InChI=1S/C27H34N2O5S/c1-4-34-29(35(32,33)17-7-5-16(2)6-8-17)28-23-14-20-18(19-13-24(28)25(30)15-21(19)23)11-12-27(3)22(20)9-10-26(27)31/h5-8,13,15,18,20,22-23,26,30-31H,4,9-12,14H2,1-3H3/t18-,20-,22+,23?,26+,27+/m1/s1. The molecule has 0 radical (unpaired) electrons. The highest BCUT2D eigenvalue weighted by Gasteiger charge is 2.58. The third-order valence-corrected chi connectivity index (χ3v) is 10.9. The first-order valence-electron chi connectivity index (χ1n) is 12.8. The number of hydrazine groups is 1. The zero-order chi connectivity index (χ0) is 24.7. The van der Waals surface area contributed by atoms with E-state index < -0.39 is 10.0 Å². The van der Waals surface area contributed by atoms with E-state index >= 15 is 0 Å². The van der Waals surface area contributed by atoms with E-state index in [9.17, 15) is 18.6 Å². The Morgan fingerprint density at radius 1 is 1.14 bits per heavy atom. The SMILES string of the molecule is CCON(N1c2cc3c(cc2O)C1C[C@@H]1[C@@H]3CC[C@]2(C)[C@@H](O)CC[C@@H]12)S(=O)(=O)c1ccc(C)cc1. The van der Waals surface area contributed by atoms with Crippen molar-refractivity contribution >= 4 is 15.7 Å². The summed E-state index contributed by atoms with van der Waals surface area (Å²) in [6, 6.07) is 10.3. The van der Waals surface area contributed by atoms with E-state index in [0.717, 1.165) is 47.8 Å². The smallest absolute Gasteiger partial charge is 0.283 e. The van der Waals surface area contributed by atoms with Gasteiger partial charge < -0.3 is 10.2 Å². The number of phenolic OH excluding ortho intramolecular Hbond substituents is 1. The van der Waals surface area contributed by atoms with E-state index in [-0.39, 0.29) is 34.8 Å². The van der Waals surface area contributed by atoms with Crippen molar-refractivity contribution in [3.63, 3.8) is 0 Å². The molecule has 2 saturated carbocycles. The lowest BCUT2D eigenvalue weighted by Gasteiger charge is -2.55. The van der Waals surface area contributed by atoms with Crippen molar-refractivity contribution in [3.05, 3.63) is 53.1 Å². The van der Waals surface area contributed by atoms with Crippen LogP contribution in [0.4, 0.5) is 5.69 Å². The van der Waals surface area contributed by atoms with Crippen LogP contribution in [-0.2, 0) is 14.9 Å². The maximum Gasteiger partial charge on any atom is 0.283 e. The lowest BCUT2D eigenvalue weighted by atomic mass is 9.54. The molecule has 2 aliphatic heterocycles. The summed E-state index contributed by atoms with van der Waals surface area (Å²) in [4.78, 5) is 5.96. The van der Waals surface area contributed by atoms with Gasteiger partial charge in [0.2, 0.25) is 0 Å². The van der Waals surface area contributed by atoms with Crippen LogP contribution in [0.3, 0.4) is 0 Å². The van der Waals surface area contributed by atoms with Crippen LogP contribution < -0.4 is 5.01 Å². The highest BCUT2D eigenvalue weighted by Crippen LogP contribution is 2.65. The molecule has 0 spiro atoms. The number of aryl methyl sites for hydroxylation is 1. The Bertz CT molecular complexity index is 1260. The normalized spacial score (nSPS) is 33.2. The van der Waals surface area contributed by atoms with Gasteiger partial charge in [-0.3, -0.25) is 9.85 Å². The minimum Gasteiger partial charge on any atom is -0.506 e. The van der Waals surface area contributed by atoms with Gasteiger partial charge in [-0.2, -0.15) is 0 Å². The summed E-state index contributed by atoms with van der Waals surface area (Å²) in [5, 5.41) is 23.3. The summed E-state index contributed by atoms with van der Waals surface area (Å²) in [5.74, 6) is 1.20. The number of aromatic hydroxyl groups is 1. The third kappa shape index (κ3) is 3.23. The number of phenols is 1. The third-order valence-electron chi connectivity index (χ3n) is 9.30. The summed E-state index contributed by atoms with van der Waals surface area (Å²) in [6.45, 7) is 6.07. The van der Waals surface area contributed by atoms with Crippen molar-refractivity contribution in [2.45, 2.75) is 75.8 Å². The number of hydrogen-bond donors (Lipinski definition) is 2. The zero-order valence-electron chi connectivity index (χ0n) is 20.5. The molecule has 2 N–H and O–H groups in total. The van der Waals surface area contributed by atoms with Gasteiger partial charge in [-0.05, 0) is 105 Å². The number of aliphatic hydroxyl groups excluding tert-OH is 1. The predicted octanol–water partition coefficient (Wildman–Crippen LogP) is 4.79. The summed E-state index contributed by atoms with van der Waals surface area (Å²) in [5.41, 5.74) is 3.58. The van der Waals surface area contributed by atoms with Crippen molar-refractivity contribution in [2.24, 2.45) is 17.3 Å². The number of hydrogen-bond acceptors (Lipinski definition) is 6. The molecule has 6 atom stereocenters. The fourth-order valence-electron chi connectivity index (χ4n) is 7.52. The Kier molecular flexibility index (Phi) is 5.28. The number of nitrogens with zero attached hydrogens (tertiary/aromatic N) is 2. The van der Waals surface area contributed by atoms with Crippen LogP contribution in [0.15, 0.2) is 41.3 Å². The number of aliphatic hydroxyl groups is 1. The second-order valence-electron chi connectivity index (χ2n) is 11.0. The van der Waals surface area contributed by atoms with Crippen LogP contribution in [0.2, 0.25) is 0 Å². The molecule has 2 aromatic carbocycles. The number of sulfonamides is 1. The lowest BCUT2D eigenvalue weighted by molar-refractivity contribution is -0.0997. The summed E-state index contributed by atoms with van der Waals surface area (Å²) in [6.07, 6.45) is 4.34. The first-order valence-corrected chi connectivity index (χ1v) is 14.2. The first kappa shape index (κ1) is 23.3. The van der Waals surface area contributed by atoms with Crippen molar-refractivity contribution in [1.82, 2.24) is 4.58 Å². The van der Waals surface area contributed by atoms with E-state index in [2.05, 4.69) is 6.92 Å².